The molecule has 0 aromatic rings. The van der Waals surface area contributed by atoms with Crippen LogP contribution >= 0.6 is 0 Å². The topological polar surface area (TPSA) is 66.4 Å². The van der Waals surface area contributed by atoms with Gasteiger partial charge in [0.25, 0.3) is 0 Å². The number of alkyl halides is 3. The highest BCUT2D eigenvalue weighted by atomic mass is 19.4. The number of rotatable bonds is 2. The first-order valence-corrected chi connectivity index (χ1v) is 4.93. The van der Waals surface area contributed by atoms with Crippen molar-refractivity contribution >= 4 is 11.9 Å². The Bertz CT molecular complexity index is 341. The van der Waals surface area contributed by atoms with Gasteiger partial charge in [-0.2, -0.15) is 13.2 Å². The van der Waals surface area contributed by atoms with Gasteiger partial charge in [-0.3, -0.25) is 9.59 Å². The van der Waals surface area contributed by atoms with Gasteiger partial charge in [0, 0.05) is 6.04 Å². The van der Waals surface area contributed by atoms with Crippen molar-refractivity contribution in [1.29, 1.82) is 0 Å². The smallest absolute Gasteiger partial charge is 0.471 e. The summed E-state index contributed by atoms with van der Waals surface area (Å²) in [6.07, 6.45) is -3.53. The van der Waals surface area contributed by atoms with Gasteiger partial charge < -0.3 is 10.4 Å². The molecule has 2 rings (SSSR count). The van der Waals surface area contributed by atoms with Gasteiger partial charge in [-0.1, -0.05) is 0 Å². The molecule has 1 amide bonds. The molecule has 2 fully saturated rings. The summed E-state index contributed by atoms with van der Waals surface area (Å²) in [7, 11) is 0. The van der Waals surface area contributed by atoms with Crippen molar-refractivity contribution in [2.45, 2.75) is 25.1 Å². The molecule has 2 aliphatic rings. The highest BCUT2D eigenvalue weighted by Crippen LogP contribution is 2.54. The third-order valence-electron chi connectivity index (χ3n) is 3.53. The first kappa shape index (κ1) is 11.2. The summed E-state index contributed by atoms with van der Waals surface area (Å²) in [5, 5.41) is 10.6. The second kappa shape index (κ2) is 3.36. The molecular weight excluding hydrogens is 227 g/mol. The number of carbonyl (C=O) groups excluding carboxylic acids is 1. The standard InChI is InChI=1S/C9H10F3NO3/c10-9(11,12)8(16)13-6-4-2-1-3(4)5(6)7(14)15/h3-6H,1-2H2,(H,13,16)(H,14,15). The SMILES string of the molecule is O=C(O)C1C2CCC2C1NC(=O)C(F)(F)F. The van der Waals surface area contributed by atoms with Crippen LogP contribution in [0.25, 0.3) is 0 Å². The molecule has 0 aliphatic heterocycles. The number of halogens is 3. The van der Waals surface area contributed by atoms with E-state index in [0.717, 1.165) is 6.42 Å². The van der Waals surface area contributed by atoms with E-state index in [1.807, 2.05) is 0 Å². The van der Waals surface area contributed by atoms with Gasteiger partial charge in [-0.25, -0.2) is 0 Å². The summed E-state index contributed by atoms with van der Waals surface area (Å²) in [6, 6.07) is -0.856. The zero-order chi connectivity index (χ0) is 12.1. The zero-order valence-electron chi connectivity index (χ0n) is 8.12. The molecule has 90 valence electrons. The summed E-state index contributed by atoms with van der Waals surface area (Å²) < 4.78 is 35.9. The molecule has 4 nitrogen and oxygen atoms in total. The molecule has 2 saturated carbocycles. The van der Waals surface area contributed by atoms with Crippen LogP contribution in [-0.2, 0) is 9.59 Å². The molecule has 0 heterocycles. The van der Waals surface area contributed by atoms with Crippen LogP contribution in [0.3, 0.4) is 0 Å². The van der Waals surface area contributed by atoms with Crippen LogP contribution in [-0.4, -0.2) is 29.2 Å². The van der Waals surface area contributed by atoms with Gasteiger partial charge in [0.05, 0.1) is 5.92 Å². The molecule has 2 N–H and O–H groups in total. The van der Waals surface area contributed by atoms with Crippen LogP contribution in [0.15, 0.2) is 0 Å². The van der Waals surface area contributed by atoms with Crippen molar-refractivity contribution < 1.29 is 27.9 Å². The third-order valence-corrected chi connectivity index (χ3v) is 3.53. The Morgan fingerprint density at radius 1 is 1.19 bits per heavy atom. The van der Waals surface area contributed by atoms with Crippen molar-refractivity contribution in [2.24, 2.45) is 17.8 Å². The minimum atomic E-state index is -4.95. The number of aliphatic carboxylic acids is 1. The number of hydrogen-bond acceptors (Lipinski definition) is 2. The molecule has 4 unspecified atom stereocenters. The third kappa shape index (κ3) is 1.54. The Morgan fingerprint density at radius 2 is 1.75 bits per heavy atom. The van der Waals surface area contributed by atoms with E-state index in [1.54, 1.807) is 5.32 Å². The lowest BCUT2D eigenvalue weighted by atomic mass is 9.50. The van der Waals surface area contributed by atoms with Gasteiger partial charge in [-0.15, -0.1) is 0 Å². The maximum atomic E-state index is 12.0. The highest BCUT2D eigenvalue weighted by molar-refractivity contribution is 5.83. The second-order valence-corrected chi connectivity index (χ2v) is 4.27. The highest BCUT2D eigenvalue weighted by Gasteiger charge is 2.60. The predicted octanol–water partition coefficient (Wildman–Crippen LogP) is 0.774. The first-order valence-electron chi connectivity index (χ1n) is 4.93. The second-order valence-electron chi connectivity index (χ2n) is 4.27. The zero-order valence-corrected chi connectivity index (χ0v) is 8.12. The number of amides is 1. The molecule has 4 atom stereocenters. The minimum absolute atomic E-state index is 0.0592. The Morgan fingerprint density at radius 3 is 2.12 bits per heavy atom. The number of carbonyl (C=O) groups is 2. The molecule has 0 aromatic carbocycles. The molecular formula is C9H10F3NO3. The molecule has 16 heavy (non-hydrogen) atoms. The van der Waals surface area contributed by atoms with E-state index < -0.39 is 30.0 Å². The van der Waals surface area contributed by atoms with Gasteiger partial charge in [0.2, 0.25) is 0 Å². The largest absolute Gasteiger partial charge is 0.481 e. The van der Waals surface area contributed by atoms with Gasteiger partial charge >= 0.3 is 18.1 Å². The quantitative estimate of drug-likeness (QED) is 0.745. The molecule has 7 heteroatoms. The number of carboxylic acid groups (broad SMARTS) is 1. The molecule has 2 aliphatic carbocycles. The van der Waals surface area contributed by atoms with Gasteiger partial charge in [0.1, 0.15) is 0 Å². The van der Waals surface area contributed by atoms with Gasteiger partial charge in [0.15, 0.2) is 0 Å². The van der Waals surface area contributed by atoms with E-state index in [9.17, 15) is 22.8 Å². The monoisotopic (exact) mass is 237 g/mol. The number of nitrogens with one attached hydrogen (secondary N) is 1. The van der Waals surface area contributed by atoms with Crippen molar-refractivity contribution in [3.63, 3.8) is 0 Å². The number of fused-ring (bicyclic) bond motifs is 1. The fourth-order valence-corrected chi connectivity index (χ4v) is 2.60. The molecule has 0 spiro atoms. The molecule has 0 bridgehead atoms. The van der Waals surface area contributed by atoms with Crippen LogP contribution in [0.2, 0.25) is 0 Å². The fourth-order valence-electron chi connectivity index (χ4n) is 2.60. The first-order chi connectivity index (χ1) is 7.32. The van der Waals surface area contributed by atoms with Gasteiger partial charge in [-0.05, 0) is 24.7 Å². The molecule has 0 radical (unpaired) electrons. The summed E-state index contributed by atoms with van der Waals surface area (Å²) >= 11 is 0. The number of carboxylic acids is 1. The van der Waals surface area contributed by atoms with Crippen LogP contribution < -0.4 is 5.32 Å². The van der Waals surface area contributed by atoms with Crippen molar-refractivity contribution in [2.75, 3.05) is 0 Å². The van der Waals surface area contributed by atoms with Crippen LogP contribution in [0.4, 0.5) is 13.2 Å². The number of hydrogen-bond donors (Lipinski definition) is 2. The van der Waals surface area contributed by atoms with E-state index in [4.69, 9.17) is 5.11 Å². The van der Waals surface area contributed by atoms with Crippen LogP contribution in [0.5, 0.6) is 0 Å². The van der Waals surface area contributed by atoms with Crippen molar-refractivity contribution in [1.82, 2.24) is 5.32 Å². The van der Waals surface area contributed by atoms with E-state index in [0.29, 0.717) is 6.42 Å². The van der Waals surface area contributed by atoms with E-state index >= 15 is 0 Å². The Hall–Kier alpha value is -1.27. The van der Waals surface area contributed by atoms with E-state index in [1.165, 1.54) is 0 Å². The lowest BCUT2D eigenvalue weighted by molar-refractivity contribution is -0.184. The van der Waals surface area contributed by atoms with E-state index in [-0.39, 0.29) is 11.8 Å². The summed E-state index contributed by atoms with van der Waals surface area (Å²) in [4.78, 5) is 21.5. The van der Waals surface area contributed by atoms with Crippen LogP contribution in [0, 0.1) is 17.8 Å². The normalized spacial score (nSPS) is 36.7. The predicted molar refractivity (Wildman–Crippen MR) is 45.3 cm³/mol. The average molecular weight is 237 g/mol. The van der Waals surface area contributed by atoms with Crippen molar-refractivity contribution in [3.05, 3.63) is 0 Å². The van der Waals surface area contributed by atoms with Crippen LogP contribution in [0.1, 0.15) is 12.8 Å². The molecule has 0 aromatic heterocycles. The maximum absolute atomic E-state index is 12.0. The Kier molecular flexibility index (Phi) is 2.36. The van der Waals surface area contributed by atoms with E-state index in [2.05, 4.69) is 0 Å². The summed E-state index contributed by atoms with van der Waals surface area (Å²) in [5.74, 6) is -4.18. The Balaban J connectivity index is 2.00. The summed E-state index contributed by atoms with van der Waals surface area (Å²) in [6.45, 7) is 0. The fraction of sp³-hybridized carbons (Fsp3) is 0.778. The lowest BCUT2D eigenvalue weighted by Gasteiger charge is -2.57. The summed E-state index contributed by atoms with van der Waals surface area (Å²) in [5.41, 5.74) is 0. The van der Waals surface area contributed by atoms with Crippen molar-refractivity contribution in [3.8, 4) is 0 Å². The Labute approximate surface area is 88.8 Å². The molecule has 0 saturated heterocycles. The average Bonchev–Trinajstić information content (AvgIpc) is 2.08. The minimum Gasteiger partial charge on any atom is -0.481 e. The lowest BCUT2D eigenvalue weighted by Crippen LogP contribution is -2.67. The maximum Gasteiger partial charge on any atom is 0.471 e.